The number of ether oxygens (including phenoxy) is 1. The molecule has 0 aromatic heterocycles. The molecule has 0 bridgehead atoms. The number of carboxylic acids is 1. The Bertz CT molecular complexity index is 563. The first-order valence-electron chi connectivity index (χ1n) is 7.39. The topological polar surface area (TPSA) is 75.6 Å². The first-order chi connectivity index (χ1) is 10.1. The Kier molecular flexibility index (Phi) is 3.57. The minimum absolute atomic E-state index is 0.199. The van der Waals surface area contributed by atoms with Gasteiger partial charge in [-0.1, -0.05) is 31.0 Å². The zero-order chi connectivity index (χ0) is 14.9. The molecule has 5 heteroatoms. The van der Waals surface area contributed by atoms with Crippen molar-refractivity contribution in [3.8, 4) is 5.75 Å². The quantitative estimate of drug-likeness (QED) is 0.893. The lowest BCUT2D eigenvalue weighted by Gasteiger charge is -2.30. The van der Waals surface area contributed by atoms with Crippen LogP contribution in [0.1, 0.15) is 43.6 Å². The van der Waals surface area contributed by atoms with Crippen molar-refractivity contribution in [2.24, 2.45) is 0 Å². The maximum absolute atomic E-state index is 12.6. The Morgan fingerprint density at radius 3 is 2.67 bits per heavy atom. The van der Waals surface area contributed by atoms with Crippen molar-refractivity contribution in [1.29, 1.82) is 0 Å². The molecule has 112 valence electrons. The number of fused-ring (bicyclic) bond motifs is 1. The highest BCUT2D eigenvalue weighted by Crippen LogP contribution is 2.35. The number of benzene rings is 1. The van der Waals surface area contributed by atoms with Crippen LogP contribution < -0.4 is 10.1 Å². The van der Waals surface area contributed by atoms with Gasteiger partial charge in [0.25, 0.3) is 0 Å². The van der Waals surface area contributed by atoms with Crippen molar-refractivity contribution in [2.75, 3.05) is 6.61 Å². The van der Waals surface area contributed by atoms with Crippen molar-refractivity contribution < 1.29 is 19.4 Å². The van der Waals surface area contributed by atoms with Crippen LogP contribution in [0.4, 0.5) is 0 Å². The van der Waals surface area contributed by atoms with Gasteiger partial charge >= 0.3 is 5.97 Å². The van der Waals surface area contributed by atoms with Crippen LogP contribution >= 0.6 is 0 Å². The molecule has 1 aliphatic carbocycles. The number of para-hydroxylation sites is 1. The van der Waals surface area contributed by atoms with E-state index in [1.54, 1.807) is 0 Å². The van der Waals surface area contributed by atoms with Gasteiger partial charge < -0.3 is 15.2 Å². The van der Waals surface area contributed by atoms with E-state index >= 15 is 0 Å². The SMILES string of the molecule is O=C(NC1(C(=O)O)CCCC1)C1CCOc2ccccc21. The summed E-state index contributed by atoms with van der Waals surface area (Å²) in [7, 11) is 0. The number of amides is 1. The zero-order valence-electron chi connectivity index (χ0n) is 11.8. The molecule has 1 unspecified atom stereocenters. The van der Waals surface area contributed by atoms with Gasteiger partial charge in [-0.3, -0.25) is 4.79 Å². The molecule has 1 aromatic rings. The maximum Gasteiger partial charge on any atom is 0.329 e. The molecule has 0 radical (unpaired) electrons. The molecule has 5 nitrogen and oxygen atoms in total. The molecule has 0 saturated heterocycles. The fraction of sp³-hybridized carbons (Fsp3) is 0.500. The number of hydrogen-bond donors (Lipinski definition) is 2. The maximum atomic E-state index is 12.6. The Hall–Kier alpha value is -2.04. The van der Waals surface area contributed by atoms with Gasteiger partial charge in [-0.2, -0.15) is 0 Å². The molecule has 2 aliphatic rings. The van der Waals surface area contributed by atoms with Gasteiger partial charge in [-0.15, -0.1) is 0 Å². The van der Waals surface area contributed by atoms with E-state index in [4.69, 9.17) is 4.74 Å². The highest BCUT2D eigenvalue weighted by molar-refractivity contribution is 5.91. The predicted molar refractivity (Wildman–Crippen MR) is 76.3 cm³/mol. The van der Waals surface area contributed by atoms with E-state index in [1.165, 1.54) is 0 Å². The Labute approximate surface area is 123 Å². The first-order valence-corrected chi connectivity index (χ1v) is 7.39. The number of nitrogens with one attached hydrogen (secondary N) is 1. The number of rotatable bonds is 3. The molecule has 1 fully saturated rings. The number of aliphatic carboxylic acids is 1. The van der Waals surface area contributed by atoms with Crippen molar-refractivity contribution in [2.45, 2.75) is 43.6 Å². The van der Waals surface area contributed by atoms with Crippen LogP contribution in [0.25, 0.3) is 0 Å². The van der Waals surface area contributed by atoms with Crippen molar-refractivity contribution in [3.05, 3.63) is 29.8 Å². The van der Waals surface area contributed by atoms with Gasteiger partial charge in [-0.05, 0) is 25.3 Å². The summed E-state index contributed by atoms with van der Waals surface area (Å²) in [4.78, 5) is 24.1. The molecule has 21 heavy (non-hydrogen) atoms. The minimum Gasteiger partial charge on any atom is -0.493 e. The molecule has 1 heterocycles. The summed E-state index contributed by atoms with van der Waals surface area (Å²) < 4.78 is 5.55. The summed E-state index contributed by atoms with van der Waals surface area (Å²) in [6.45, 7) is 0.481. The van der Waals surface area contributed by atoms with Crippen molar-refractivity contribution in [1.82, 2.24) is 5.32 Å². The van der Waals surface area contributed by atoms with Gasteiger partial charge in [0.05, 0.1) is 12.5 Å². The number of hydrogen-bond acceptors (Lipinski definition) is 3. The lowest BCUT2D eigenvalue weighted by Crippen LogP contribution is -2.54. The van der Waals surface area contributed by atoms with Crippen molar-refractivity contribution in [3.63, 3.8) is 0 Å². The summed E-state index contributed by atoms with van der Waals surface area (Å²) in [6.07, 6.45) is 3.30. The van der Waals surface area contributed by atoms with Crippen LogP contribution in [0.3, 0.4) is 0 Å². The second-order valence-corrected chi connectivity index (χ2v) is 5.81. The second kappa shape index (κ2) is 5.39. The van der Waals surface area contributed by atoms with Gasteiger partial charge in [0.2, 0.25) is 5.91 Å². The number of carboxylic acid groups (broad SMARTS) is 1. The molecule has 1 saturated carbocycles. The summed E-state index contributed by atoms with van der Waals surface area (Å²) >= 11 is 0. The largest absolute Gasteiger partial charge is 0.493 e. The van der Waals surface area contributed by atoms with E-state index in [1.807, 2.05) is 24.3 Å². The average molecular weight is 289 g/mol. The van der Waals surface area contributed by atoms with Gasteiger partial charge in [0.15, 0.2) is 0 Å². The monoisotopic (exact) mass is 289 g/mol. The molecule has 1 aliphatic heterocycles. The lowest BCUT2D eigenvalue weighted by molar-refractivity contribution is -0.147. The normalized spacial score (nSPS) is 23.0. The minimum atomic E-state index is -1.08. The van der Waals surface area contributed by atoms with Crippen LogP contribution in [0.2, 0.25) is 0 Å². The van der Waals surface area contributed by atoms with E-state index in [0.29, 0.717) is 25.9 Å². The first kappa shape index (κ1) is 13.9. The van der Waals surface area contributed by atoms with E-state index in [-0.39, 0.29) is 11.8 Å². The van der Waals surface area contributed by atoms with Gasteiger partial charge in [-0.25, -0.2) is 4.79 Å². The van der Waals surface area contributed by atoms with Crippen LogP contribution in [-0.2, 0) is 9.59 Å². The number of carbonyl (C=O) groups is 2. The standard InChI is InChI=1S/C16H19NO4/c18-14(17-16(15(19)20)8-3-4-9-16)12-7-10-21-13-6-2-1-5-11(12)13/h1-2,5-6,12H,3-4,7-10H2,(H,17,18)(H,19,20). The number of carbonyl (C=O) groups excluding carboxylic acids is 1. The van der Waals surface area contributed by atoms with Crippen LogP contribution in [0.5, 0.6) is 5.75 Å². The Morgan fingerprint density at radius 2 is 1.95 bits per heavy atom. The summed E-state index contributed by atoms with van der Waals surface area (Å²) in [5.74, 6) is -0.727. The second-order valence-electron chi connectivity index (χ2n) is 5.81. The molecule has 1 atom stereocenters. The highest BCUT2D eigenvalue weighted by atomic mass is 16.5. The molecule has 2 N–H and O–H groups in total. The van der Waals surface area contributed by atoms with Crippen LogP contribution in [-0.4, -0.2) is 29.1 Å². The van der Waals surface area contributed by atoms with E-state index in [2.05, 4.69) is 5.32 Å². The molecule has 3 rings (SSSR count). The molecular weight excluding hydrogens is 270 g/mol. The zero-order valence-corrected chi connectivity index (χ0v) is 11.8. The van der Waals surface area contributed by atoms with Gasteiger partial charge in [0, 0.05) is 5.56 Å². The summed E-state index contributed by atoms with van der Waals surface area (Å²) in [5.41, 5.74) is -0.232. The lowest BCUT2D eigenvalue weighted by atomic mass is 9.90. The smallest absolute Gasteiger partial charge is 0.329 e. The molecule has 1 aromatic carbocycles. The average Bonchev–Trinajstić information content (AvgIpc) is 2.96. The fourth-order valence-electron chi connectivity index (χ4n) is 3.31. The molecule has 0 spiro atoms. The molecular formula is C16H19NO4. The van der Waals surface area contributed by atoms with Crippen molar-refractivity contribution >= 4 is 11.9 Å². The van der Waals surface area contributed by atoms with E-state index in [0.717, 1.165) is 24.2 Å². The van der Waals surface area contributed by atoms with Crippen LogP contribution in [0.15, 0.2) is 24.3 Å². The Morgan fingerprint density at radius 1 is 1.24 bits per heavy atom. The van der Waals surface area contributed by atoms with E-state index < -0.39 is 11.5 Å². The Balaban J connectivity index is 1.82. The van der Waals surface area contributed by atoms with E-state index in [9.17, 15) is 14.7 Å². The third kappa shape index (κ3) is 2.48. The molecule has 1 amide bonds. The van der Waals surface area contributed by atoms with Gasteiger partial charge in [0.1, 0.15) is 11.3 Å². The third-order valence-electron chi connectivity index (χ3n) is 4.50. The summed E-state index contributed by atoms with van der Waals surface area (Å²) in [5, 5.41) is 12.3. The third-order valence-corrected chi connectivity index (χ3v) is 4.50. The summed E-state index contributed by atoms with van der Waals surface area (Å²) in [6, 6.07) is 7.46. The fourth-order valence-corrected chi connectivity index (χ4v) is 3.31. The van der Waals surface area contributed by atoms with Crippen LogP contribution in [0, 0.1) is 0 Å². The predicted octanol–water partition coefficient (Wildman–Crippen LogP) is 2.07. The highest BCUT2D eigenvalue weighted by Gasteiger charge is 2.44.